The first-order valence-corrected chi connectivity index (χ1v) is 12.1. The largest absolute Gasteiger partial charge is 0.366 e. The van der Waals surface area contributed by atoms with E-state index < -0.39 is 5.91 Å². The SMILES string of the molecule is CN1CCC(c2ccccc2[C@H]2CCCN2c2ccc(-c3ccc(C(N)=O)cc3)cc2)CC1. The third-order valence-electron chi connectivity index (χ3n) is 7.47. The molecule has 4 heteroatoms. The van der Waals surface area contributed by atoms with E-state index in [2.05, 4.69) is 65.4 Å². The predicted octanol–water partition coefficient (Wildman–Crippen LogP) is 5.60. The predicted molar refractivity (Wildman–Crippen MR) is 136 cm³/mol. The summed E-state index contributed by atoms with van der Waals surface area (Å²) in [6, 6.07) is 26.0. The van der Waals surface area contributed by atoms with E-state index in [0.29, 0.717) is 17.5 Å². The summed E-state index contributed by atoms with van der Waals surface area (Å²) < 4.78 is 0. The van der Waals surface area contributed by atoms with Gasteiger partial charge >= 0.3 is 0 Å². The number of primary amides is 1. The van der Waals surface area contributed by atoms with Crippen molar-refractivity contribution in [3.05, 3.63) is 89.5 Å². The van der Waals surface area contributed by atoms with Gasteiger partial charge in [-0.05, 0) is 98.3 Å². The molecule has 3 aromatic carbocycles. The Balaban J connectivity index is 1.38. The van der Waals surface area contributed by atoms with Crippen LogP contribution in [0.4, 0.5) is 5.69 Å². The van der Waals surface area contributed by atoms with Crippen molar-refractivity contribution in [2.45, 2.75) is 37.6 Å². The number of anilines is 1. The van der Waals surface area contributed by atoms with Crippen LogP contribution in [0.2, 0.25) is 0 Å². The minimum absolute atomic E-state index is 0.391. The number of nitrogens with zero attached hydrogens (tertiary/aromatic N) is 2. The van der Waals surface area contributed by atoms with E-state index in [1.165, 1.54) is 50.0 Å². The fourth-order valence-corrected chi connectivity index (χ4v) is 5.58. The van der Waals surface area contributed by atoms with Crippen LogP contribution in [-0.2, 0) is 0 Å². The molecule has 2 aliphatic heterocycles. The van der Waals surface area contributed by atoms with E-state index in [4.69, 9.17) is 5.73 Å². The van der Waals surface area contributed by atoms with E-state index in [1.54, 1.807) is 17.7 Å². The van der Waals surface area contributed by atoms with Crippen LogP contribution in [0.15, 0.2) is 72.8 Å². The number of likely N-dealkylation sites (tertiary alicyclic amines) is 1. The van der Waals surface area contributed by atoms with Crippen LogP contribution < -0.4 is 10.6 Å². The first kappa shape index (κ1) is 21.7. The zero-order valence-corrected chi connectivity index (χ0v) is 19.4. The Morgan fingerprint density at radius 3 is 2.03 bits per heavy atom. The highest BCUT2D eigenvalue weighted by Crippen LogP contribution is 2.41. The number of carbonyl (C=O) groups is 1. The number of hydrogen-bond acceptors (Lipinski definition) is 3. The third kappa shape index (κ3) is 4.53. The van der Waals surface area contributed by atoms with Crippen molar-refractivity contribution < 1.29 is 4.79 Å². The van der Waals surface area contributed by atoms with Gasteiger partial charge in [0.25, 0.3) is 0 Å². The van der Waals surface area contributed by atoms with Gasteiger partial charge in [-0.3, -0.25) is 4.79 Å². The van der Waals surface area contributed by atoms with Gasteiger partial charge in [0.2, 0.25) is 5.91 Å². The van der Waals surface area contributed by atoms with Crippen LogP contribution in [-0.4, -0.2) is 37.5 Å². The first-order valence-electron chi connectivity index (χ1n) is 12.1. The van der Waals surface area contributed by atoms with E-state index >= 15 is 0 Å². The van der Waals surface area contributed by atoms with Gasteiger partial charge < -0.3 is 15.5 Å². The van der Waals surface area contributed by atoms with Crippen LogP contribution in [0.25, 0.3) is 11.1 Å². The summed E-state index contributed by atoms with van der Waals surface area (Å²) in [6.45, 7) is 3.48. The molecule has 0 spiro atoms. The molecule has 4 nitrogen and oxygen atoms in total. The highest BCUT2D eigenvalue weighted by Gasteiger charge is 2.30. The standard InChI is InChI=1S/C29H33N3O/c1-31-19-16-23(17-20-31)26-5-2-3-6-27(26)28-7-4-18-32(28)25-14-12-22(13-15-25)21-8-10-24(11-9-21)29(30)33/h2-3,5-6,8-15,23,28H,4,7,16-20H2,1H3,(H2,30,33)/t28-/m1/s1. The van der Waals surface area contributed by atoms with Crippen LogP contribution in [0.1, 0.15) is 59.1 Å². The first-order chi connectivity index (χ1) is 16.1. The van der Waals surface area contributed by atoms with Crippen molar-refractivity contribution >= 4 is 11.6 Å². The van der Waals surface area contributed by atoms with Gasteiger partial charge in [0.1, 0.15) is 0 Å². The number of nitrogens with two attached hydrogens (primary N) is 1. The molecule has 170 valence electrons. The number of carbonyl (C=O) groups excluding carboxylic acids is 1. The van der Waals surface area contributed by atoms with E-state index in [0.717, 1.165) is 17.7 Å². The quantitative estimate of drug-likeness (QED) is 0.563. The Kier molecular flexibility index (Phi) is 6.19. The number of benzene rings is 3. The minimum atomic E-state index is -0.391. The molecule has 3 aromatic rings. The summed E-state index contributed by atoms with van der Waals surface area (Å²) in [5.74, 6) is 0.281. The Bertz CT molecular complexity index is 1100. The second kappa shape index (κ2) is 9.40. The number of piperidine rings is 1. The molecule has 1 amide bonds. The third-order valence-corrected chi connectivity index (χ3v) is 7.47. The molecule has 2 heterocycles. The van der Waals surface area contributed by atoms with Crippen LogP contribution in [0.5, 0.6) is 0 Å². The van der Waals surface area contributed by atoms with Crippen molar-refractivity contribution in [1.82, 2.24) is 4.90 Å². The van der Waals surface area contributed by atoms with Crippen molar-refractivity contribution in [1.29, 1.82) is 0 Å². The summed E-state index contributed by atoms with van der Waals surface area (Å²) >= 11 is 0. The van der Waals surface area contributed by atoms with Crippen molar-refractivity contribution in [3.63, 3.8) is 0 Å². The average Bonchev–Trinajstić information content (AvgIpc) is 3.35. The maximum absolute atomic E-state index is 11.3. The molecule has 1 atom stereocenters. The van der Waals surface area contributed by atoms with Crippen molar-refractivity contribution in [2.75, 3.05) is 31.6 Å². The smallest absolute Gasteiger partial charge is 0.248 e. The van der Waals surface area contributed by atoms with Crippen LogP contribution in [0.3, 0.4) is 0 Å². The highest BCUT2D eigenvalue weighted by atomic mass is 16.1. The van der Waals surface area contributed by atoms with Gasteiger partial charge in [-0.15, -0.1) is 0 Å². The molecule has 5 rings (SSSR count). The zero-order valence-electron chi connectivity index (χ0n) is 19.4. The maximum Gasteiger partial charge on any atom is 0.248 e. The molecule has 0 bridgehead atoms. The van der Waals surface area contributed by atoms with Gasteiger partial charge in [-0.2, -0.15) is 0 Å². The number of hydrogen-bond donors (Lipinski definition) is 1. The molecule has 0 saturated carbocycles. The van der Waals surface area contributed by atoms with Crippen molar-refractivity contribution in [3.8, 4) is 11.1 Å². The van der Waals surface area contributed by atoms with Gasteiger partial charge in [-0.1, -0.05) is 48.5 Å². The second-order valence-electron chi connectivity index (χ2n) is 9.55. The molecular weight excluding hydrogens is 406 g/mol. The van der Waals surface area contributed by atoms with Crippen LogP contribution in [0, 0.1) is 0 Å². The van der Waals surface area contributed by atoms with Crippen molar-refractivity contribution in [2.24, 2.45) is 5.73 Å². The summed E-state index contributed by atoms with van der Waals surface area (Å²) in [5, 5.41) is 0. The second-order valence-corrected chi connectivity index (χ2v) is 9.55. The number of rotatable bonds is 5. The summed E-state index contributed by atoms with van der Waals surface area (Å²) in [6.07, 6.45) is 4.94. The van der Waals surface area contributed by atoms with Gasteiger partial charge in [-0.25, -0.2) is 0 Å². The molecule has 2 fully saturated rings. The lowest BCUT2D eigenvalue weighted by Crippen LogP contribution is -2.30. The average molecular weight is 440 g/mol. The Morgan fingerprint density at radius 1 is 0.788 bits per heavy atom. The van der Waals surface area contributed by atoms with Gasteiger partial charge in [0, 0.05) is 17.8 Å². The Labute approximate surface area is 197 Å². The van der Waals surface area contributed by atoms with Crippen LogP contribution >= 0.6 is 0 Å². The van der Waals surface area contributed by atoms with Gasteiger partial charge in [0.15, 0.2) is 0 Å². The zero-order chi connectivity index (χ0) is 22.8. The topological polar surface area (TPSA) is 49.6 Å². The molecule has 0 unspecified atom stereocenters. The summed E-state index contributed by atoms with van der Waals surface area (Å²) in [7, 11) is 2.23. The molecule has 0 aromatic heterocycles. The minimum Gasteiger partial charge on any atom is -0.366 e. The maximum atomic E-state index is 11.3. The van der Waals surface area contributed by atoms with Gasteiger partial charge in [0.05, 0.1) is 6.04 Å². The summed E-state index contributed by atoms with van der Waals surface area (Å²) in [5.41, 5.74) is 12.5. The van der Waals surface area contributed by atoms with E-state index in [1.807, 2.05) is 12.1 Å². The van der Waals surface area contributed by atoms with E-state index in [-0.39, 0.29) is 0 Å². The normalized spacial score (nSPS) is 19.7. The number of amides is 1. The monoisotopic (exact) mass is 439 g/mol. The summed E-state index contributed by atoms with van der Waals surface area (Å²) in [4.78, 5) is 16.4. The Hall–Kier alpha value is -3.11. The van der Waals surface area contributed by atoms with E-state index in [9.17, 15) is 4.79 Å². The molecular formula is C29H33N3O. The molecule has 2 saturated heterocycles. The fraction of sp³-hybridized carbons (Fsp3) is 0.345. The lowest BCUT2D eigenvalue weighted by molar-refractivity contribution is 0.100. The lowest BCUT2D eigenvalue weighted by atomic mass is 9.84. The molecule has 2 aliphatic rings. The lowest BCUT2D eigenvalue weighted by Gasteiger charge is -2.34. The molecule has 2 N–H and O–H groups in total. The molecule has 0 radical (unpaired) electrons. The molecule has 33 heavy (non-hydrogen) atoms. The molecule has 0 aliphatic carbocycles. The highest BCUT2D eigenvalue weighted by molar-refractivity contribution is 5.93. The fourth-order valence-electron chi connectivity index (χ4n) is 5.58. The Morgan fingerprint density at radius 2 is 1.39 bits per heavy atom.